The molecule has 3 N–H and O–H groups in total. The molecule has 0 bridgehead atoms. The topological polar surface area (TPSA) is 79.7 Å². The van der Waals surface area contributed by atoms with Crippen molar-refractivity contribution >= 4 is 34.3 Å². The van der Waals surface area contributed by atoms with Crippen molar-refractivity contribution in [2.45, 2.75) is 37.5 Å². The number of rotatable bonds is 7. The second-order valence-electron chi connectivity index (χ2n) is 9.77. The molecule has 4 aromatic rings. The highest BCUT2D eigenvalue weighted by atomic mass is 35.5. The highest BCUT2D eigenvalue weighted by molar-refractivity contribution is 6.30. The number of hydrogen-bond acceptors (Lipinski definition) is 6. The first kappa shape index (κ1) is 24.5. The summed E-state index contributed by atoms with van der Waals surface area (Å²) in [6.45, 7) is 4.70. The van der Waals surface area contributed by atoms with Gasteiger partial charge in [-0.3, -0.25) is 10.00 Å². The molecule has 188 valence electrons. The van der Waals surface area contributed by atoms with E-state index in [0.717, 1.165) is 22.3 Å². The Balaban J connectivity index is 1.48. The molecule has 10 heteroatoms. The number of benzene rings is 2. The molecule has 7 nitrogen and oxygen atoms in total. The number of hydrogen-bond donors (Lipinski definition) is 3. The van der Waals surface area contributed by atoms with E-state index in [9.17, 15) is 4.39 Å². The summed E-state index contributed by atoms with van der Waals surface area (Å²) in [5, 5.41) is 14.8. The van der Waals surface area contributed by atoms with Gasteiger partial charge in [-0.25, -0.2) is 18.7 Å². The molecule has 1 saturated heterocycles. The van der Waals surface area contributed by atoms with E-state index in [0.29, 0.717) is 24.5 Å². The van der Waals surface area contributed by atoms with E-state index in [2.05, 4.69) is 31.0 Å². The summed E-state index contributed by atoms with van der Waals surface area (Å²) in [7, 11) is 1.83. The van der Waals surface area contributed by atoms with Crippen LogP contribution in [0.2, 0.25) is 5.02 Å². The fraction of sp³-hybridized carbons (Fsp3) is 0.346. The molecular formula is C26H28ClF2N7. The Hall–Kier alpha value is -3.14. The lowest BCUT2D eigenvalue weighted by atomic mass is 9.84. The minimum absolute atomic E-state index is 0.0129. The largest absolute Gasteiger partial charge is 0.313 e. The molecule has 0 aliphatic carbocycles. The molecule has 5 rings (SSSR count). The van der Waals surface area contributed by atoms with Crippen molar-refractivity contribution in [1.29, 1.82) is 0 Å². The number of aromatic nitrogens is 4. The van der Waals surface area contributed by atoms with Crippen molar-refractivity contribution in [2.75, 3.05) is 18.4 Å². The van der Waals surface area contributed by atoms with Gasteiger partial charge in [0.25, 0.3) is 0 Å². The number of fused-ring (bicyclic) bond motifs is 1. The molecule has 2 aromatic heterocycles. The normalized spacial score (nSPS) is 19.1. The van der Waals surface area contributed by atoms with Crippen LogP contribution in [0.3, 0.4) is 0 Å². The van der Waals surface area contributed by atoms with Crippen molar-refractivity contribution in [3.05, 3.63) is 76.8 Å². The maximum atomic E-state index is 16.1. The third-order valence-corrected chi connectivity index (χ3v) is 7.11. The lowest BCUT2D eigenvalue weighted by Gasteiger charge is -2.38. The average molecular weight is 512 g/mol. The van der Waals surface area contributed by atoms with E-state index < -0.39 is 23.1 Å². The maximum Gasteiger partial charge on any atom is 0.228 e. The zero-order chi connectivity index (χ0) is 25.5. The highest BCUT2D eigenvalue weighted by Crippen LogP contribution is 2.39. The van der Waals surface area contributed by atoms with E-state index in [1.54, 1.807) is 23.1 Å². The molecule has 0 spiro atoms. The first-order valence-corrected chi connectivity index (χ1v) is 12.2. The maximum absolute atomic E-state index is 16.1. The Morgan fingerprint density at radius 2 is 2.03 bits per heavy atom. The lowest BCUT2D eigenvalue weighted by Crippen LogP contribution is -2.49. The van der Waals surface area contributed by atoms with Crippen LogP contribution in [0, 0.1) is 5.82 Å². The van der Waals surface area contributed by atoms with Gasteiger partial charge in [-0.05, 0) is 56.1 Å². The predicted octanol–water partition coefficient (Wildman–Crippen LogP) is 5.17. The predicted molar refractivity (Wildman–Crippen MR) is 138 cm³/mol. The summed E-state index contributed by atoms with van der Waals surface area (Å²) in [6, 6.07) is 11.5. The molecule has 0 unspecified atom stereocenters. The molecule has 0 radical (unpaired) electrons. The Bertz CT molecular complexity index is 1400. The van der Waals surface area contributed by atoms with Crippen LogP contribution in [0.1, 0.15) is 37.4 Å². The lowest BCUT2D eigenvalue weighted by molar-refractivity contribution is 0.105. The van der Waals surface area contributed by atoms with Gasteiger partial charge in [0, 0.05) is 36.8 Å². The Morgan fingerprint density at radius 1 is 1.19 bits per heavy atom. The van der Waals surface area contributed by atoms with Crippen molar-refractivity contribution in [3.8, 4) is 0 Å². The van der Waals surface area contributed by atoms with Crippen LogP contribution < -0.4 is 16.0 Å². The summed E-state index contributed by atoms with van der Waals surface area (Å²) in [4.78, 5) is 9.07. The van der Waals surface area contributed by atoms with Crippen LogP contribution in [-0.2, 0) is 12.6 Å². The van der Waals surface area contributed by atoms with E-state index in [1.165, 1.54) is 12.1 Å². The zero-order valence-electron chi connectivity index (χ0n) is 20.3. The first-order valence-electron chi connectivity index (χ1n) is 11.8. The molecule has 1 aliphatic rings. The summed E-state index contributed by atoms with van der Waals surface area (Å²) in [6.07, 6.45) is 3.76. The van der Waals surface area contributed by atoms with Gasteiger partial charge in [-0.2, -0.15) is 5.10 Å². The summed E-state index contributed by atoms with van der Waals surface area (Å²) in [5.41, 5.74) is -0.0849. The molecule has 0 saturated carbocycles. The van der Waals surface area contributed by atoms with Gasteiger partial charge in [0.2, 0.25) is 5.95 Å². The molecule has 2 aromatic carbocycles. The smallest absolute Gasteiger partial charge is 0.228 e. The standard InChI is InChI=1S/C26H28ClF2N7/c1-25(2,35-23(26(29)9-11-30-15-26)16-5-7-19(27)20(28)12-16)18-6-4-17-14-31-24(33-21(17)13-18)34-22-8-10-32-36(22)3/h4-8,10,12-14,23,30,35H,9,11,15H2,1-3H3,(H,31,33,34)/t23-,26-/m0/s1. The minimum Gasteiger partial charge on any atom is -0.313 e. The van der Waals surface area contributed by atoms with Gasteiger partial charge in [0.1, 0.15) is 17.3 Å². The molecular weight excluding hydrogens is 484 g/mol. The van der Waals surface area contributed by atoms with Crippen LogP contribution in [-0.4, -0.2) is 38.5 Å². The van der Waals surface area contributed by atoms with Crippen molar-refractivity contribution in [3.63, 3.8) is 0 Å². The molecule has 1 fully saturated rings. The van der Waals surface area contributed by atoms with Gasteiger partial charge in [-0.1, -0.05) is 29.8 Å². The minimum atomic E-state index is -1.59. The SMILES string of the molecule is Cn1nccc1Nc1ncc2ccc(C(C)(C)N[C@@H](c3ccc(Cl)c(F)c3)[C@]3(F)CCNC3)cc2n1. The first-order chi connectivity index (χ1) is 17.1. The Morgan fingerprint density at radius 3 is 2.72 bits per heavy atom. The molecule has 3 heterocycles. The van der Waals surface area contributed by atoms with Gasteiger partial charge < -0.3 is 10.6 Å². The van der Waals surface area contributed by atoms with Crippen LogP contribution >= 0.6 is 11.6 Å². The molecule has 36 heavy (non-hydrogen) atoms. The Kier molecular flexibility index (Phi) is 6.40. The van der Waals surface area contributed by atoms with Crippen LogP contribution in [0.25, 0.3) is 10.9 Å². The molecule has 0 amide bonds. The fourth-order valence-electron chi connectivity index (χ4n) is 4.66. The number of anilines is 2. The Labute approximate surface area is 213 Å². The second kappa shape index (κ2) is 9.38. The zero-order valence-corrected chi connectivity index (χ0v) is 21.1. The third-order valence-electron chi connectivity index (χ3n) is 6.80. The fourth-order valence-corrected chi connectivity index (χ4v) is 4.78. The van der Waals surface area contributed by atoms with Crippen LogP contribution in [0.15, 0.2) is 54.9 Å². The number of halogens is 3. The quantitative estimate of drug-likeness (QED) is 0.318. The third kappa shape index (κ3) is 4.78. The van der Waals surface area contributed by atoms with E-state index in [1.807, 2.05) is 45.2 Å². The van der Waals surface area contributed by atoms with Crippen LogP contribution in [0.5, 0.6) is 0 Å². The number of nitrogens with one attached hydrogen (secondary N) is 3. The van der Waals surface area contributed by atoms with Gasteiger partial charge in [0.15, 0.2) is 0 Å². The number of alkyl halides is 1. The van der Waals surface area contributed by atoms with E-state index >= 15 is 4.39 Å². The molecule has 1 aliphatic heterocycles. The van der Waals surface area contributed by atoms with Gasteiger partial charge in [0.05, 0.1) is 22.8 Å². The summed E-state index contributed by atoms with van der Waals surface area (Å²) < 4.78 is 32.2. The number of aryl methyl sites for hydroxylation is 1. The summed E-state index contributed by atoms with van der Waals surface area (Å²) >= 11 is 5.91. The second-order valence-corrected chi connectivity index (χ2v) is 10.2. The van der Waals surface area contributed by atoms with Crippen molar-refractivity contribution in [2.24, 2.45) is 7.05 Å². The highest BCUT2D eigenvalue weighted by Gasteiger charge is 2.45. The number of nitrogens with zero attached hydrogens (tertiary/aromatic N) is 4. The average Bonchev–Trinajstić information content (AvgIpc) is 3.47. The van der Waals surface area contributed by atoms with E-state index in [-0.39, 0.29) is 11.6 Å². The summed E-state index contributed by atoms with van der Waals surface area (Å²) in [5.74, 6) is 0.649. The van der Waals surface area contributed by atoms with Crippen molar-refractivity contribution < 1.29 is 8.78 Å². The monoisotopic (exact) mass is 511 g/mol. The van der Waals surface area contributed by atoms with Crippen LogP contribution in [0.4, 0.5) is 20.5 Å². The van der Waals surface area contributed by atoms with Crippen molar-refractivity contribution in [1.82, 2.24) is 30.4 Å². The molecule has 2 atom stereocenters. The van der Waals surface area contributed by atoms with Gasteiger partial charge >= 0.3 is 0 Å². The van der Waals surface area contributed by atoms with Gasteiger partial charge in [-0.15, -0.1) is 0 Å². The van der Waals surface area contributed by atoms with E-state index in [4.69, 9.17) is 11.6 Å².